The fourth-order valence-corrected chi connectivity index (χ4v) is 3.48. The summed E-state index contributed by atoms with van der Waals surface area (Å²) < 4.78 is 11.3. The molecule has 2 heterocycles. The highest BCUT2D eigenvalue weighted by Gasteiger charge is 2.21. The number of rotatable bonds is 6. The predicted octanol–water partition coefficient (Wildman–Crippen LogP) is 4.12. The third-order valence-corrected chi connectivity index (χ3v) is 5.02. The van der Waals surface area contributed by atoms with Gasteiger partial charge in [-0.25, -0.2) is 9.97 Å². The first-order valence-corrected chi connectivity index (χ1v) is 9.71. The minimum atomic E-state index is 0.232. The number of aromatic nitrogens is 2. The van der Waals surface area contributed by atoms with E-state index in [9.17, 15) is 0 Å². The van der Waals surface area contributed by atoms with E-state index in [4.69, 9.17) is 14.5 Å². The molecule has 0 saturated carbocycles. The molecule has 0 bridgehead atoms. The van der Waals surface area contributed by atoms with Gasteiger partial charge in [-0.2, -0.15) is 0 Å². The van der Waals surface area contributed by atoms with Crippen molar-refractivity contribution >= 4 is 5.82 Å². The van der Waals surface area contributed by atoms with Gasteiger partial charge in [0.1, 0.15) is 29.2 Å². The molecule has 0 radical (unpaired) electrons. The van der Waals surface area contributed by atoms with Crippen molar-refractivity contribution in [3.63, 3.8) is 0 Å². The molecule has 0 unspecified atom stereocenters. The lowest BCUT2D eigenvalue weighted by Gasteiger charge is -2.33. The number of nitrogens with zero attached hydrogens (tertiary/aromatic N) is 3. The van der Waals surface area contributed by atoms with E-state index < -0.39 is 0 Å². The van der Waals surface area contributed by atoms with Gasteiger partial charge in [0.2, 0.25) is 0 Å². The summed E-state index contributed by atoms with van der Waals surface area (Å²) >= 11 is 0. The summed E-state index contributed by atoms with van der Waals surface area (Å²) in [6, 6.07) is 20.1. The van der Waals surface area contributed by atoms with E-state index in [2.05, 4.69) is 22.0 Å². The minimum absolute atomic E-state index is 0.232. The molecule has 0 spiro atoms. The van der Waals surface area contributed by atoms with E-state index in [1.807, 2.05) is 54.7 Å². The van der Waals surface area contributed by atoms with Crippen molar-refractivity contribution in [1.29, 1.82) is 0 Å². The van der Waals surface area contributed by atoms with Crippen LogP contribution >= 0.6 is 0 Å². The Morgan fingerprint density at radius 3 is 2.36 bits per heavy atom. The summed E-state index contributed by atoms with van der Waals surface area (Å²) in [5.41, 5.74) is 1.23. The van der Waals surface area contributed by atoms with E-state index in [-0.39, 0.29) is 6.10 Å². The Morgan fingerprint density at radius 1 is 0.929 bits per heavy atom. The van der Waals surface area contributed by atoms with Gasteiger partial charge in [-0.1, -0.05) is 30.3 Å². The molecular weight excluding hydrogens is 350 g/mol. The highest BCUT2D eigenvalue weighted by molar-refractivity contribution is 5.39. The normalized spacial score (nSPS) is 14.7. The van der Waals surface area contributed by atoms with Gasteiger partial charge in [0.05, 0.1) is 7.11 Å². The number of hydrogen-bond donors (Lipinski definition) is 0. The van der Waals surface area contributed by atoms with Crippen LogP contribution in [0, 0.1) is 0 Å². The van der Waals surface area contributed by atoms with Crippen molar-refractivity contribution in [2.75, 3.05) is 25.1 Å². The van der Waals surface area contributed by atoms with E-state index in [1.54, 1.807) is 7.11 Å². The van der Waals surface area contributed by atoms with Crippen LogP contribution < -0.4 is 14.4 Å². The number of methoxy groups -OCH3 is 1. The molecule has 1 aliphatic heterocycles. The standard InChI is InChI=1S/C23H25N3O2/c1-27-19-7-9-20(10-8-19)28-21-12-15-26(16-13-21)23-11-14-24-22(25-23)17-18-5-3-2-4-6-18/h2-11,14,21H,12-13,15-17H2,1H3. The van der Waals surface area contributed by atoms with Gasteiger partial charge in [0, 0.05) is 38.5 Å². The first kappa shape index (κ1) is 18.3. The van der Waals surface area contributed by atoms with Crippen LogP contribution in [0.2, 0.25) is 0 Å². The molecule has 0 N–H and O–H groups in total. The van der Waals surface area contributed by atoms with Gasteiger partial charge in [-0.05, 0) is 35.9 Å². The highest BCUT2D eigenvalue weighted by Crippen LogP contribution is 2.24. The molecule has 2 aromatic carbocycles. The van der Waals surface area contributed by atoms with Crippen molar-refractivity contribution in [2.24, 2.45) is 0 Å². The Labute approximate surface area is 166 Å². The average Bonchev–Trinajstić information content (AvgIpc) is 2.76. The average molecular weight is 375 g/mol. The molecule has 0 aliphatic carbocycles. The fraction of sp³-hybridized carbons (Fsp3) is 0.304. The number of benzene rings is 2. The number of hydrogen-bond acceptors (Lipinski definition) is 5. The SMILES string of the molecule is COc1ccc(OC2CCN(c3ccnc(Cc4ccccc4)n3)CC2)cc1. The van der Waals surface area contributed by atoms with E-state index >= 15 is 0 Å². The van der Waals surface area contributed by atoms with Crippen LogP contribution in [0.25, 0.3) is 0 Å². The van der Waals surface area contributed by atoms with Crippen LogP contribution in [0.4, 0.5) is 5.82 Å². The molecule has 4 rings (SSSR count). The van der Waals surface area contributed by atoms with Crippen LogP contribution in [0.3, 0.4) is 0 Å². The van der Waals surface area contributed by atoms with Crippen molar-refractivity contribution in [3.05, 3.63) is 78.2 Å². The van der Waals surface area contributed by atoms with Crippen molar-refractivity contribution in [2.45, 2.75) is 25.4 Å². The van der Waals surface area contributed by atoms with Crippen LogP contribution in [-0.2, 0) is 6.42 Å². The molecular formula is C23H25N3O2. The molecule has 1 aromatic heterocycles. The molecule has 0 atom stereocenters. The molecule has 3 aromatic rings. The Balaban J connectivity index is 1.33. The summed E-state index contributed by atoms with van der Waals surface area (Å²) in [5.74, 6) is 3.60. The number of piperidine rings is 1. The molecule has 0 amide bonds. The molecule has 1 fully saturated rings. The molecule has 5 heteroatoms. The monoisotopic (exact) mass is 375 g/mol. The largest absolute Gasteiger partial charge is 0.497 e. The number of anilines is 1. The zero-order valence-electron chi connectivity index (χ0n) is 16.1. The highest BCUT2D eigenvalue weighted by atomic mass is 16.5. The van der Waals surface area contributed by atoms with Crippen molar-refractivity contribution in [1.82, 2.24) is 9.97 Å². The molecule has 1 saturated heterocycles. The Hall–Kier alpha value is -3.08. The third kappa shape index (κ3) is 4.60. The Kier molecular flexibility index (Phi) is 5.71. The van der Waals surface area contributed by atoms with Gasteiger partial charge in [-0.3, -0.25) is 0 Å². The first-order valence-electron chi connectivity index (χ1n) is 9.71. The third-order valence-electron chi connectivity index (χ3n) is 5.02. The molecule has 144 valence electrons. The lowest BCUT2D eigenvalue weighted by atomic mass is 10.1. The summed E-state index contributed by atoms with van der Waals surface area (Å²) in [4.78, 5) is 11.5. The summed E-state index contributed by atoms with van der Waals surface area (Å²) in [5, 5.41) is 0. The maximum atomic E-state index is 6.13. The second-order valence-electron chi connectivity index (χ2n) is 6.97. The minimum Gasteiger partial charge on any atom is -0.497 e. The first-order chi connectivity index (χ1) is 13.8. The molecule has 28 heavy (non-hydrogen) atoms. The van der Waals surface area contributed by atoms with E-state index in [0.29, 0.717) is 0 Å². The van der Waals surface area contributed by atoms with Gasteiger partial charge in [0.25, 0.3) is 0 Å². The van der Waals surface area contributed by atoms with E-state index in [1.165, 1.54) is 5.56 Å². The lowest BCUT2D eigenvalue weighted by Crippen LogP contribution is -2.38. The van der Waals surface area contributed by atoms with Crippen molar-refractivity contribution in [3.8, 4) is 11.5 Å². The number of ether oxygens (including phenoxy) is 2. The molecule has 5 nitrogen and oxygen atoms in total. The van der Waals surface area contributed by atoms with Gasteiger partial charge < -0.3 is 14.4 Å². The maximum absolute atomic E-state index is 6.13. The summed E-state index contributed by atoms with van der Waals surface area (Å²) in [6.07, 6.45) is 4.80. The van der Waals surface area contributed by atoms with Crippen LogP contribution in [0.1, 0.15) is 24.2 Å². The quantitative estimate of drug-likeness (QED) is 0.648. The zero-order valence-corrected chi connectivity index (χ0v) is 16.1. The van der Waals surface area contributed by atoms with Crippen LogP contribution in [0.15, 0.2) is 66.9 Å². The van der Waals surface area contributed by atoms with Crippen LogP contribution in [-0.4, -0.2) is 36.3 Å². The second-order valence-corrected chi connectivity index (χ2v) is 6.97. The Bertz CT molecular complexity index is 876. The summed E-state index contributed by atoms with van der Waals surface area (Å²) in [7, 11) is 1.67. The second kappa shape index (κ2) is 8.74. The lowest BCUT2D eigenvalue weighted by molar-refractivity contribution is 0.170. The fourth-order valence-electron chi connectivity index (χ4n) is 3.48. The van der Waals surface area contributed by atoms with Crippen molar-refractivity contribution < 1.29 is 9.47 Å². The predicted molar refractivity (Wildman–Crippen MR) is 110 cm³/mol. The smallest absolute Gasteiger partial charge is 0.135 e. The topological polar surface area (TPSA) is 47.5 Å². The van der Waals surface area contributed by atoms with Crippen LogP contribution in [0.5, 0.6) is 11.5 Å². The van der Waals surface area contributed by atoms with Gasteiger partial charge >= 0.3 is 0 Å². The summed E-state index contributed by atoms with van der Waals surface area (Å²) in [6.45, 7) is 1.87. The zero-order chi connectivity index (χ0) is 19.2. The van der Waals surface area contributed by atoms with Gasteiger partial charge in [-0.15, -0.1) is 0 Å². The van der Waals surface area contributed by atoms with E-state index in [0.717, 1.165) is 55.5 Å². The Morgan fingerprint density at radius 2 is 1.64 bits per heavy atom. The maximum Gasteiger partial charge on any atom is 0.135 e. The van der Waals surface area contributed by atoms with Gasteiger partial charge in [0.15, 0.2) is 0 Å². The molecule has 1 aliphatic rings.